The Morgan fingerprint density at radius 1 is 1.00 bits per heavy atom. The molecule has 0 saturated carbocycles. The van der Waals surface area contributed by atoms with Gasteiger partial charge in [-0.15, -0.1) is 5.10 Å². The number of hydrogen-bond acceptors (Lipinski definition) is 2. The minimum atomic E-state index is 0.499. The Hall–Kier alpha value is -1.38. The van der Waals surface area contributed by atoms with Crippen molar-refractivity contribution in [2.24, 2.45) is 7.05 Å². The van der Waals surface area contributed by atoms with Gasteiger partial charge in [0.1, 0.15) is 5.52 Å². The maximum absolute atomic E-state index is 4.28. The fourth-order valence-electron chi connectivity index (χ4n) is 2.46. The van der Waals surface area contributed by atoms with Crippen molar-refractivity contribution in [3.05, 3.63) is 22.3 Å². The van der Waals surface area contributed by atoms with E-state index in [1.54, 1.807) is 0 Å². The molecule has 0 radical (unpaired) electrons. The van der Waals surface area contributed by atoms with E-state index < -0.39 is 0 Å². The zero-order chi connectivity index (χ0) is 12.0. The van der Waals surface area contributed by atoms with Crippen molar-refractivity contribution in [1.29, 1.82) is 0 Å². The van der Waals surface area contributed by atoms with Crippen molar-refractivity contribution in [2.45, 2.75) is 40.5 Å². The van der Waals surface area contributed by atoms with E-state index in [1.807, 2.05) is 11.7 Å². The van der Waals surface area contributed by atoms with Crippen LogP contribution in [0, 0.1) is 20.8 Å². The lowest BCUT2D eigenvalue weighted by molar-refractivity contribution is 0.728. The third-order valence-corrected chi connectivity index (χ3v) is 3.54. The van der Waals surface area contributed by atoms with Crippen LogP contribution in [0.2, 0.25) is 0 Å². The fraction of sp³-hybridized carbons (Fsp3) is 0.538. The molecule has 0 bridgehead atoms. The molecule has 0 saturated heterocycles. The highest BCUT2D eigenvalue weighted by molar-refractivity contribution is 5.84. The van der Waals surface area contributed by atoms with Crippen molar-refractivity contribution in [1.82, 2.24) is 15.0 Å². The summed E-state index contributed by atoms with van der Waals surface area (Å²) in [5.74, 6) is 0.499. The smallest absolute Gasteiger partial charge is 0.116 e. The second-order valence-electron chi connectivity index (χ2n) is 4.85. The van der Waals surface area contributed by atoms with Crippen molar-refractivity contribution in [2.75, 3.05) is 0 Å². The predicted octanol–water partition coefficient (Wildman–Crippen LogP) is 3.02. The van der Waals surface area contributed by atoms with Gasteiger partial charge in [0.15, 0.2) is 0 Å². The average molecular weight is 217 g/mol. The van der Waals surface area contributed by atoms with Gasteiger partial charge in [-0.3, -0.25) is 0 Å². The summed E-state index contributed by atoms with van der Waals surface area (Å²) < 4.78 is 1.89. The second kappa shape index (κ2) is 3.58. The molecular formula is C13H19N3. The first-order valence-electron chi connectivity index (χ1n) is 5.74. The van der Waals surface area contributed by atoms with Gasteiger partial charge in [-0.25, -0.2) is 4.68 Å². The Morgan fingerprint density at radius 3 is 2.19 bits per heavy atom. The Kier molecular flexibility index (Phi) is 2.49. The number of hydrogen-bond donors (Lipinski definition) is 0. The summed E-state index contributed by atoms with van der Waals surface area (Å²) in [5.41, 5.74) is 7.60. The van der Waals surface area contributed by atoms with Crippen LogP contribution in [0.5, 0.6) is 0 Å². The molecule has 0 unspecified atom stereocenters. The molecule has 0 N–H and O–H groups in total. The summed E-state index contributed by atoms with van der Waals surface area (Å²) in [6.07, 6.45) is 0. The number of rotatable bonds is 1. The quantitative estimate of drug-likeness (QED) is 0.735. The molecule has 2 aromatic rings. The summed E-state index contributed by atoms with van der Waals surface area (Å²) in [6, 6.07) is 0. The highest BCUT2D eigenvalue weighted by atomic mass is 15.4. The Bertz CT molecular complexity index is 550. The molecule has 3 nitrogen and oxygen atoms in total. The highest BCUT2D eigenvalue weighted by Crippen LogP contribution is 2.32. The highest BCUT2D eigenvalue weighted by Gasteiger charge is 2.18. The molecule has 0 atom stereocenters. The molecule has 1 aromatic carbocycles. The van der Waals surface area contributed by atoms with E-state index in [2.05, 4.69) is 44.9 Å². The number of nitrogens with zero attached hydrogens (tertiary/aromatic N) is 3. The molecular weight excluding hydrogens is 198 g/mol. The standard InChI is InChI=1S/C13H19N3/c1-7(2)11-9(4)8(3)10(5)12-13(11)16(6)15-14-12/h7H,1-6H3. The zero-order valence-corrected chi connectivity index (χ0v) is 10.9. The van der Waals surface area contributed by atoms with Gasteiger partial charge in [0, 0.05) is 7.05 Å². The maximum atomic E-state index is 4.28. The van der Waals surface area contributed by atoms with Gasteiger partial charge in [-0.05, 0) is 48.9 Å². The van der Waals surface area contributed by atoms with Crippen LogP contribution in [0.4, 0.5) is 0 Å². The van der Waals surface area contributed by atoms with Gasteiger partial charge in [0.2, 0.25) is 0 Å². The minimum absolute atomic E-state index is 0.499. The van der Waals surface area contributed by atoms with Gasteiger partial charge in [0.25, 0.3) is 0 Å². The van der Waals surface area contributed by atoms with E-state index in [0.29, 0.717) is 5.92 Å². The molecule has 0 aliphatic heterocycles. The number of aromatic nitrogens is 3. The van der Waals surface area contributed by atoms with E-state index in [9.17, 15) is 0 Å². The second-order valence-corrected chi connectivity index (χ2v) is 4.85. The normalized spacial score (nSPS) is 11.7. The fourth-order valence-corrected chi connectivity index (χ4v) is 2.46. The van der Waals surface area contributed by atoms with Crippen LogP contribution in [-0.2, 0) is 7.05 Å². The van der Waals surface area contributed by atoms with Crippen LogP contribution in [0.25, 0.3) is 11.0 Å². The van der Waals surface area contributed by atoms with Gasteiger partial charge in [-0.1, -0.05) is 19.1 Å². The van der Waals surface area contributed by atoms with Gasteiger partial charge < -0.3 is 0 Å². The minimum Gasteiger partial charge on any atom is -0.247 e. The van der Waals surface area contributed by atoms with Gasteiger partial charge in [-0.2, -0.15) is 0 Å². The molecule has 0 amide bonds. The first-order valence-corrected chi connectivity index (χ1v) is 5.74. The first-order chi connectivity index (χ1) is 7.45. The molecule has 1 aromatic heterocycles. The van der Waals surface area contributed by atoms with Crippen LogP contribution in [-0.4, -0.2) is 15.0 Å². The lowest BCUT2D eigenvalue weighted by Crippen LogP contribution is -2.02. The van der Waals surface area contributed by atoms with Crippen molar-refractivity contribution in [3.63, 3.8) is 0 Å². The van der Waals surface area contributed by atoms with E-state index >= 15 is 0 Å². The summed E-state index contributed by atoms with van der Waals surface area (Å²) >= 11 is 0. The van der Waals surface area contributed by atoms with Crippen LogP contribution < -0.4 is 0 Å². The Morgan fingerprint density at radius 2 is 1.62 bits per heavy atom. The third kappa shape index (κ3) is 1.34. The van der Waals surface area contributed by atoms with Crippen molar-refractivity contribution >= 4 is 11.0 Å². The van der Waals surface area contributed by atoms with Gasteiger partial charge in [0.05, 0.1) is 5.52 Å². The molecule has 86 valence electrons. The maximum Gasteiger partial charge on any atom is 0.116 e. The summed E-state index contributed by atoms with van der Waals surface area (Å²) in [6.45, 7) is 10.9. The third-order valence-electron chi connectivity index (χ3n) is 3.54. The van der Waals surface area contributed by atoms with Crippen LogP contribution in [0.15, 0.2) is 0 Å². The van der Waals surface area contributed by atoms with Crippen molar-refractivity contribution in [3.8, 4) is 0 Å². The molecule has 16 heavy (non-hydrogen) atoms. The average Bonchev–Trinajstić information content (AvgIpc) is 2.58. The monoisotopic (exact) mass is 217 g/mol. The molecule has 0 aliphatic rings. The molecule has 0 aliphatic carbocycles. The largest absolute Gasteiger partial charge is 0.247 e. The van der Waals surface area contributed by atoms with E-state index in [4.69, 9.17) is 0 Å². The number of aryl methyl sites for hydroxylation is 2. The Labute approximate surface area is 96.5 Å². The van der Waals surface area contributed by atoms with Crippen molar-refractivity contribution < 1.29 is 0 Å². The molecule has 1 heterocycles. The van der Waals surface area contributed by atoms with Crippen LogP contribution in [0.1, 0.15) is 42.0 Å². The van der Waals surface area contributed by atoms with Crippen LogP contribution >= 0.6 is 0 Å². The molecule has 2 rings (SSSR count). The van der Waals surface area contributed by atoms with E-state index in [-0.39, 0.29) is 0 Å². The van der Waals surface area contributed by atoms with E-state index in [1.165, 1.54) is 27.8 Å². The number of fused-ring (bicyclic) bond motifs is 1. The molecule has 3 heteroatoms. The topological polar surface area (TPSA) is 30.7 Å². The lowest BCUT2D eigenvalue weighted by Gasteiger charge is -2.16. The van der Waals surface area contributed by atoms with Crippen LogP contribution in [0.3, 0.4) is 0 Å². The van der Waals surface area contributed by atoms with E-state index in [0.717, 1.165) is 5.52 Å². The summed E-state index contributed by atoms with van der Waals surface area (Å²) in [7, 11) is 1.97. The molecule has 0 fully saturated rings. The first kappa shape index (κ1) is 11.1. The Balaban J connectivity index is 3.01. The summed E-state index contributed by atoms with van der Waals surface area (Å²) in [4.78, 5) is 0. The zero-order valence-electron chi connectivity index (χ0n) is 10.9. The lowest BCUT2D eigenvalue weighted by atomic mass is 9.90. The number of benzene rings is 1. The van der Waals surface area contributed by atoms with Gasteiger partial charge >= 0.3 is 0 Å². The SMILES string of the molecule is Cc1c(C)c(C(C)C)c2c(nnn2C)c1C. The molecule has 0 spiro atoms. The predicted molar refractivity (Wildman–Crippen MR) is 66.8 cm³/mol. The summed E-state index contributed by atoms with van der Waals surface area (Å²) in [5, 5.41) is 8.42.